The first kappa shape index (κ1) is 23.6. The summed E-state index contributed by atoms with van der Waals surface area (Å²) in [6.45, 7) is 3.61. The molecule has 4 aliphatic rings. The molecule has 184 valence electrons. The summed E-state index contributed by atoms with van der Waals surface area (Å²) in [4.78, 5) is 31.4. The fourth-order valence-corrected chi connectivity index (χ4v) is 6.77. The number of ether oxygens (including phenoxy) is 2. The highest BCUT2D eigenvalue weighted by molar-refractivity contribution is 7.99. The predicted octanol–water partition coefficient (Wildman–Crippen LogP) is 4.08. The van der Waals surface area contributed by atoms with Gasteiger partial charge in [-0.2, -0.15) is 11.8 Å². The van der Waals surface area contributed by atoms with Crippen molar-refractivity contribution in [2.75, 3.05) is 19.8 Å². The lowest BCUT2D eigenvalue weighted by Crippen LogP contribution is -2.57. The molecule has 6 rings (SSSR count). The monoisotopic (exact) mass is 489 g/mol. The Hall–Kier alpha value is -2.13. The lowest BCUT2D eigenvalue weighted by Gasteiger charge is -2.53. The van der Waals surface area contributed by atoms with E-state index in [0.29, 0.717) is 34.7 Å². The highest BCUT2D eigenvalue weighted by Gasteiger charge is 2.49. The normalized spacial score (nSPS) is 27.1. The van der Waals surface area contributed by atoms with Gasteiger partial charge in [-0.15, -0.1) is 0 Å². The summed E-state index contributed by atoms with van der Waals surface area (Å²) in [6.07, 6.45) is 7.78. The minimum absolute atomic E-state index is 0.0271. The van der Waals surface area contributed by atoms with Gasteiger partial charge in [0, 0.05) is 48.5 Å². The molecule has 1 aliphatic heterocycles. The molecule has 9 heteroatoms. The van der Waals surface area contributed by atoms with Crippen molar-refractivity contribution >= 4 is 28.6 Å². The third-order valence-electron chi connectivity index (χ3n) is 7.80. The molecule has 0 atom stereocenters. The molecular weight excluding hydrogens is 457 g/mol. The van der Waals surface area contributed by atoms with Crippen LogP contribution >= 0.6 is 11.8 Å². The maximum Gasteiger partial charge on any atom is 0.261 e. The van der Waals surface area contributed by atoms with E-state index < -0.39 is 11.4 Å². The lowest BCUT2D eigenvalue weighted by atomic mass is 9.57. The summed E-state index contributed by atoms with van der Waals surface area (Å²) in [5.74, 6) is 0.953. The van der Waals surface area contributed by atoms with E-state index in [2.05, 4.69) is 15.3 Å². The number of aromatic amines is 1. The molecule has 2 aromatic rings. The number of nitrogens with one attached hydrogen (secondary N) is 2. The van der Waals surface area contributed by atoms with E-state index >= 15 is 0 Å². The van der Waals surface area contributed by atoms with Crippen molar-refractivity contribution in [1.82, 2.24) is 15.3 Å². The van der Waals surface area contributed by atoms with Crippen LogP contribution in [-0.4, -0.2) is 46.5 Å². The maximum absolute atomic E-state index is 14.8. The van der Waals surface area contributed by atoms with Crippen LogP contribution in [0.3, 0.4) is 0 Å². The van der Waals surface area contributed by atoms with Gasteiger partial charge < -0.3 is 19.8 Å². The third-order valence-corrected chi connectivity index (χ3v) is 9.18. The smallest absolute Gasteiger partial charge is 0.261 e. The predicted molar refractivity (Wildman–Crippen MR) is 130 cm³/mol. The number of hydrogen-bond donors (Lipinski definition) is 2. The van der Waals surface area contributed by atoms with E-state index in [-0.39, 0.29) is 22.2 Å². The number of hydrogen-bond acceptors (Lipinski definition) is 6. The number of carbonyl (C=O) groups excluding carboxylic acids is 1. The number of halogens is 1. The third kappa shape index (κ3) is 4.96. The van der Waals surface area contributed by atoms with Gasteiger partial charge in [-0.05, 0) is 51.4 Å². The Morgan fingerprint density at radius 1 is 1.24 bits per heavy atom. The number of benzene rings is 1. The second kappa shape index (κ2) is 9.49. The number of thioether (sulfide) groups is 1. The minimum Gasteiger partial charge on any atom is -0.493 e. The van der Waals surface area contributed by atoms with Crippen LogP contribution in [0.2, 0.25) is 0 Å². The van der Waals surface area contributed by atoms with Gasteiger partial charge in [-0.3, -0.25) is 9.59 Å². The van der Waals surface area contributed by atoms with Crippen LogP contribution in [0.1, 0.15) is 64.1 Å². The van der Waals surface area contributed by atoms with Gasteiger partial charge in [0.25, 0.3) is 5.56 Å². The SMILES string of the molecule is CC(=O)NC12CCC(COc3cc(F)c4c(=O)[nH]c(CSC5CCOCC5)nc4c3)(CC1)CC2. The number of rotatable bonds is 7. The summed E-state index contributed by atoms with van der Waals surface area (Å²) in [7, 11) is 0. The second-order valence-corrected chi connectivity index (χ2v) is 11.5. The van der Waals surface area contributed by atoms with Crippen LogP contribution in [0.25, 0.3) is 10.9 Å². The number of H-pyrrole nitrogens is 1. The number of nitrogens with zero attached hydrogens (tertiary/aromatic N) is 1. The van der Waals surface area contributed by atoms with Crippen molar-refractivity contribution in [3.8, 4) is 5.75 Å². The Bertz CT molecular complexity index is 1110. The zero-order chi connectivity index (χ0) is 23.8. The Balaban J connectivity index is 1.27. The first-order chi connectivity index (χ1) is 16.4. The van der Waals surface area contributed by atoms with Crippen LogP contribution in [0.15, 0.2) is 16.9 Å². The molecular formula is C25H32FN3O4S. The molecule has 1 aromatic carbocycles. The quantitative estimate of drug-likeness (QED) is 0.609. The van der Waals surface area contributed by atoms with E-state index in [1.54, 1.807) is 24.8 Å². The van der Waals surface area contributed by atoms with Crippen LogP contribution < -0.4 is 15.6 Å². The molecule has 7 nitrogen and oxygen atoms in total. The molecule has 1 aromatic heterocycles. The maximum atomic E-state index is 14.8. The summed E-state index contributed by atoms with van der Waals surface area (Å²) in [5.41, 5.74) is -0.134. The molecule has 3 aliphatic carbocycles. The van der Waals surface area contributed by atoms with E-state index in [1.807, 2.05) is 0 Å². The van der Waals surface area contributed by atoms with Crippen molar-refractivity contribution in [2.45, 2.75) is 74.8 Å². The summed E-state index contributed by atoms with van der Waals surface area (Å²) >= 11 is 1.75. The Kier molecular flexibility index (Phi) is 6.59. The lowest BCUT2D eigenvalue weighted by molar-refractivity contribution is -0.123. The summed E-state index contributed by atoms with van der Waals surface area (Å²) in [5, 5.41) is 3.62. The molecule has 2 bridgehead atoms. The van der Waals surface area contributed by atoms with Crippen LogP contribution in [0.4, 0.5) is 4.39 Å². The molecule has 1 amide bonds. The van der Waals surface area contributed by atoms with Crippen molar-refractivity contribution in [2.24, 2.45) is 5.41 Å². The van der Waals surface area contributed by atoms with E-state index in [9.17, 15) is 14.0 Å². The van der Waals surface area contributed by atoms with Gasteiger partial charge in [0.05, 0.1) is 17.9 Å². The molecule has 4 fully saturated rings. The zero-order valence-corrected chi connectivity index (χ0v) is 20.4. The van der Waals surface area contributed by atoms with Crippen molar-refractivity contribution in [1.29, 1.82) is 0 Å². The van der Waals surface area contributed by atoms with Crippen molar-refractivity contribution in [3.05, 3.63) is 34.1 Å². The van der Waals surface area contributed by atoms with Gasteiger partial charge in [0.15, 0.2) is 0 Å². The van der Waals surface area contributed by atoms with Crippen LogP contribution in [0, 0.1) is 11.2 Å². The average Bonchev–Trinajstić information content (AvgIpc) is 2.82. The van der Waals surface area contributed by atoms with Gasteiger partial charge in [-0.1, -0.05) is 0 Å². The number of amides is 1. The largest absolute Gasteiger partial charge is 0.493 e. The van der Waals surface area contributed by atoms with Crippen LogP contribution in [-0.2, 0) is 15.3 Å². The Morgan fingerprint density at radius 2 is 1.94 bits per heavy atom. The fraction of sp³-hybridized carbons (Fsp3) is 0.640. The molecule has 0 radical (unpaired) electrons. The van der Waals surface area contributed by atoms with E-state index in [4.69, 9.17) is 9.47 Å². The number of fused-ring (bicyclic) bond motifs is 4. The molecule has 0 unspecified atom stereocenters. The van der Waals surface area contributed by atoms with Gasteiger partial charge in [0.2, 0.25) is 5.91 Å². The topological polar surface area (TPSA) is 93.3 Å². The number of aromatic nitrogens is 2. The first-order valence-electron chi connectivity index (χ1n) is 12.2. The van der Waals surface area contributed by atoms with Gasteiger partial charge in [-0.25, -0.2) is 9.37 Å². The molecule has 3 saturated carbocycles. The summed E-state index contributed by atoms with van der Waals surface area (Å²) in [6, 6.07) is 2.97. The first-order valence-corrected chi connectivity index (χ1v) is 13.2. The molecule has 0 spiro atoms. The Labute approximate surface area is 202 Å². The van der Waals surface area contributed by atoms with Crippen molar-refractivity contribution < 1.29 is 18.7 Å². The zero-order valence-electron chi connectivity index (χ0n) is 19.6. The standard InChI is InChI=1S/C25H32FN3O4S/c1-16(30)29-25-7-4-24(5-8-25,6-9-25)15-33-17-12-19(26)22-20(13-17)27-21(28-23(22)31)14-34-18-2-10-32-11-3-18/h12-13,18H,2-11,14-15H2,1H3,(H,29,30)(H,27,28,31). The highest BCUT2D eigenvalue weighted by atomic mass is 32.2. The van der Waals surface area contributed by atoms with Crippen LogP contribution in [0.5, 0.6) is 5.75 Å². The Morgan fingerprint density at radius 3 is 2.62 bits per heavy atom. The number of carbonyl (C=O) groups is 1. The minimum atomic E-state index is -0.612. The highest BCUT2D eigenvalue weighted by Crippen LogP contribution is 2.52. The molecule has 34 heavy (non-hydrogen) atoms. The van der Waals surface area contributed by atoms with E-state index in [1.165, 1.54) is 6.07 Å². The summed E-state index contributed by atoms with van der Waals surface area (Å²) < 4.78 is 26.3. The fourth-order valence-electron chi connectivity index (χ4n) is 5.72. The van der Waals surface area contributed by atoms with E-state index in [0.717, 1.165) is 64.6 Å². The van der Waals surface area contributed by atoms with Gasteiger partial charge >= 0.3 is 0 Å². The average molecular weight is 490 g/mol. The second-order valence-electron chi connectivity index (χ2n) is 10.2. The van der Waals surface area contributed by atoms with Crippen molar-refractivity contribution in [3.63, 3.8) is 0 Å². The molecule has 2 N–H and O–H groups in total. The molecule has 2 heterocycles. The van der Waals surface area contributed by atoms with Gasteiger partial charge in [0.1, 0.15) is 22.8 Å². The molecule has 1 saturated heterocycles.